The van der Waals surface area contributed by atoms with Gasteiger partial charge in [-0.05, 0) is 72.0 Å². The Morgan fingerprint density at radius 1 is 1.30 bits per heavy atom. The molecule has 1 saturated carbocycles. The lowest BCUT2D eigenvalue weighted by Gasteiger charge is -2.33. The topological polar surface area (TPSA) is 35.2 Å². The first-order valence-corrected chi connectivity index (χ1v) is 8.46. The Kier molecular flexibility index (Phi) is 5.50. The molecule has 4 atom stereocenters. The number of para-hydroxylation sites is 1. The Balaban J connectivity index is 2.12. The molecule has 1 aromatic rings. The molecule has 1 aromatic carbocycles. The zero-order valence-corrected chi connectivity index (χ0v) is 14.3. The highest BCUT2D eigenvalue weighted by atomic mass is 79.9. The van der Waals surface area contributed by atoms with E-state index in [1.807, 2.05) is 6.92 Å². The summed E-state index contributed by atoms with van der Waals surface area (Å²) < 4.78 is 7.38. The Labute approximate surface area is 131 Å². The second-order valence-electron chi connectivity index (χ2n) is 6.42. The number of nitrogens with two attached hydrogens (primary N) is 1. The van der Waals surface area contributed by atoms with Crippen molar-refractivity contribution < 1.29 is 4.74 Å². The summed E-state index contributed by atoms with van der Waals surface area (Å²) in [6.45, 7) is 6.72. The van der Waals surface area contributed by atoms with Crippen molar-refractivity contribution in [3.63, 3.8) is 0 Å². The number of hydrogen-bond donors (Lipinski definition) is 1. The van der Waals surface area contributed by atoms with Crippen molar-refractivity contribution in [1.29, 1.82) is 0 Å². The molecule has 0 amide bonds. The van der Waals surface area contributed by atoms with Crippen LogP contribution in [0.1, 0.15) is 45.6 Å². The minimum Gasteiger partial charge on any atom is -0.489 e. The van der Waals surface area contributed by atoms with Crippen molar-refractivity contribution >= 4 is 15.9 Å². The lowest BCUT2D eigenvalue weighted by molar-refractivity contribution is 0.0989. The molecule has 0 aliphatic heterocycles. The van der Waals surface area contributed by atoms with E-state index in [1.54, 1.807) is 0 Å². The van der Waals surface area contributed by atoms with Crippen molar-refractivity contribution in [2.45, 2.75) is 58.6 Å². The molecule has 1 aliphatic rings. The fourth-order valence-electron chi connectivity index (χ4n) is 2.96. The number of benzene rings is 1. The van der Waals surface area contributed by atoms with Crippen molar-refractivity contribution in [3.8, 4) is 5.75 Å². The highest BCUT2D eigenvalue weighted by molar-refractivity contribution is 9.10. The van der Waals surface area contributed by atoms with Gasteiger partial charge < -0.3 is 10.5 Å². The first-order valence-electron chi connectivity index (χ1n) is 7.67. The predicted octanol–water partition coefficient (Wildman–Crippen LogP) is 4.54. The fourth-order valence-corrected chi connectivity index (χ4v) is 3.47. The first kappa shape index (κ1) is 15.8. The van der Waals surface area contributed by atoms with Crippen LogP contribution in [0.3, 0.4) is 0 Å². The van der Waals surface area contributed by atoms with Gasteiger partial charge in [-0.1, -0.05) is 26.0 Å². The van der Waals surface area contributed by atoms with E-state index in [0.717, 1.165) is 41.3 Å². The fraction of sp³-hybridized carbons (Fsp3) is 0.647. The van der Waals surface area contributed by atoms with Crippen LogP contribution in [-0.2, 0) is 6.42 Å². The van der Waals surface area contributed by atoms with E-state index < -0.39 is 0 Å². The molecule has 1 fully saturated rings. The minimum atomic E-state index is 0.150. The molecule has 2 N–H and O–H groups in total. The van der Waals surface area contributed by atoms with Gasteiger partial charge in [0.25, 0.3) is 0 Å². The molecule has 1 aliphatic carbocycles. The van der Waals surface area contributed by atoms with E-state index in [4.69, 9.17) is 10.5 Å². The van der Waals surface area contributed by atoms with Crippen LogP contribution in [0.2, 0.25) is 0 Å². The third-order valence-electron chi connectivity index (χ3n) is 4.43. The third-order valence-corrected chi connectivity index (χ3v) is 5.05. The van der Waals surface area contributed by atoms with Gasteiger partial charge in [0.2, 0.25) is 0 Å². The van der Waals surface area contributed by atoms with Gasteiger partial charge in [-0.25, -0.2) is 0 Å². The number of ether oxygens (including phenoxy) is 1. The van der Waals surface area contributed by atoms with Gasteiger partial charge in [-0.3, -0.25) is 0 Å². The molecular weight excluding hydrogens is 314 g/mol. The summed E-state index contributed by atoms with van der Waals surface area (Å²) in [5.74, 6) is 2.56. The smallest absolute Gasteiger partial charge is 0.137 e. The number of hydrogen-bond acceptors (Lipinski definition) is 2. The summed E-state index contributed by atoms with van der Waals surface area (Å²) in [5.41, 5.74) is 7.15. The normalized spacial score (nSPS) is 28.1. The quantitative estimate of drug-likeness (QED) is 0.873. The van der Waals surface area contributed by atoms with Gasteiger partial charge in [0.1, 0.15) is 5.75 Å². The SMILES string of the molecule is CC(N)Cc1cccc(Br)c1OC1CCC(C)C(C)C1. The molecule has 0 spiro atoms. The highest BCUT2D eigenvalue weighted by Crippen LogP contribution is 2.36. The van der Waals surface area contributed by atoms with E-state index in [2.05, 4.69) is 48.0 Å². The van der Waals surface area contributed by atoms with Crippen LogP contribution in [-0.4, -0.2) is 12.1 Å². The van der Waals surface area contributed by atoms with Crippen molar-refractivity contribution in [2.24, 2.45) is 17.6 Å². The molecule has 112 valence electrons. The number of rotatable bonds is 4. The summed E-state index contributed by atoms with van der Waals surface area (Å²) in [6, 6.07) is 6.38. The van der Waals surface area contributed by atoms with Crippen LogP contribution < -0.4 is 10.5 Å². The lowest BCUT2D eigenvalue weighted by Crippen LogP contribution is -2.29. The lowest BCUT2D eigenvalue weighted by atomic mass is 9.80. The molecule has 4 unspecified atom stereocenters. The molecule has 0 aromatic heterocycles. The maximum Gasteiger partial charge on any atom is 0.137 e. The molecule has 2 rings (SSSR count). The maximum atomic E-state index is 6.33. The number of halogens is 1. The van der Waals surface area contributed by atoms with Crippen LogP contribution in [0.4, 0.5) is 0 Å². The Morgan fingerprint density at radius 2 is 2.05 bits per heavy atom. The van der Waals surface area contributed by atoms with E-state index in [-0.39, 0.29) is 6.04 Å². The van der Waals surface area contributed by atoms with E-state index in [0.29, 0.717) is 6.10 Å². The summed E-state index contributed by atoms with van der Waals surface area (Å²) >= 11 is 3.63. The summed E-state index contributed by atoms with van der Waals surface area (Å²) in [5, 5.41) is 0. The zero-order chi connectivity index (χ0) is 14.7. The molecule has 0 radical (unpaired) electrons. The maximum absolute atomic E-state index is 6.33. The first-order chi connectivity index (χ1) is 9.47. The Bertz CT molecular complexity index is 447. The molecule has 0 saturated heterocycles. The molecule has 3 heteroatoms. The minimum absolute atomic E-state index is 0.150. The second-order valence-corrected chi connectivity index (χ2v) is 7.27. The summed E-state index contributed by atoms with van der Waals surface area (Å²) in [4.78, 5) is 0. The van der Waals surface area contributed by atoms with E-state index in [1.165, 1.54) is 12.0 Å². The average Bonchev–Trinajstić information content (AvgIpc) is 2.37. The zero-order valence-electron chi connectivity index (χ0n) is 12.7. The van der Waals surface area contributed by atoms with Crippen molar-refractivity contribution in [1.82, 2.24) is 0 Å². The average molecular weight is 340 g/mol. The van der Waals surface area contributed by atoms with E-state index in [9.17, 15) is 0 Å². The van der Waals surface area contributed by atoms with Gasteiger partial charge in [0.15, 0.2) is 0 Å². The van der Waals surface area contributed by atoms with Crippen LogP contribution in [0, 0.1) is 11.8 Å². The monoisotopic (exact) mass is 339 g/mol. The second kappa shape index (κ2) is 6.95. The standard InChI is InChI=1S/C17H26BrNO/c1-11-7-8-15(9-12(11)2)20-17-14(10-13(3)19)5-4-6-16(17)18/h4-6,11-13,15H,7-10,19H2,1-3H3. The summed E-state index contributed by atoms with van der Waals surface area (Å²) in [7, 11) is 0. The molecule has 20 heavy (non-hydrogen) atoms. The van der Waals surface area contributed by atoms with Gasteiger partial charge in [0.05, 0.1) is 10.6 Å². The van der Waals surface area contributed by atoms with Crippen LogP contribution >= 0.6 is 15.9 Å². The van der Waals surface area contributed by atoms with E-state index >= 15 is 0 Å². The summed E-state index contributed by atoms with van der Waals surface area (Å²) in [6.07, 6.45) is 4.77. The van der Waals surface area contributed by atoms with Gasteiger partial charge in [-0.2, -0.15) is 0 Å². The Hall–Kier alpha value is -0.540. The van der Waals surface area contributed by atoms with Crippen LogP contribution in [0.15, 0.2) is 22.7 Å². The van der Waals surface area contributed by atoms with Gasteiger partial charge in [-0.15, -0.1) is 0 Å². The van der Waals surface area contributed by atoms with Crippen molar-refractivity contribution in [2.75, 3.05) is 0 Å². The molecular formula is C17H26BrNO. The van der Waals surface area contributed by atoms with Gasteiger partial charge >= 0.3 is 0 Å². The van der Waals surface area contributed by atoms with Crippen LogP contribution in [0.5, 0.6) is 5.75 Å². The largest absolute Gasteiger partial charge is 0.489 e. The van der Waals surface area contributed by atoms with Crippen LogP contribution in [0.25, 0.3) is 0 Å². The van der Waals surface area contributed by atoms with Crippen molar-refractivity contribution in [3.05, 3.63) is 28.2 Å². The highest BCUT2D eigenvalue weighted by Gasteiger charge is 2.26. The third kappa shape index (κ3) is 3.98. The van der Waals surface area contributed by atoms with Gasteiger partial charge in [0, 0.05) is 6.04 Å². The predicted molar refractivity (Wildman–Crippen MR) is 88.1 cm³/mol. The molecule has 2 nitrogen and oxygen atoms in total. The Morgan fingerprint density at radius 3 is 2.70 bits per heavy atom. The molecule has 0 heterocycles. The molecule has 0 bridgehead atoms.